The fourth-order valence-electron chi connectivity index (χ4n) is 8.62. The van der Waals surface area contributed by atoms with Gasteiger partial charge in [0.25, 0.3) is 0 Å². The lowest BCUT2D eigenvalue weighted by Gasteiger charge is -2.33. The Labute approximate surface area is 152 Å². The highest BCUT2D eigenvalue weighted by molar-refractivity contribution is 5.85. The van der Waals surface area contributed by atoms with Gasteiger partial charge in [0.05, 0.1) is 0 Å². The first-order chi connectivity index (χ1) is 12.2. The predicted molar refractivity (Wildman–Crippen MR) is 97.8 cm³/mol. The standard InChI is InChI=1S/C13H20O.C10H14O/c1-8(7-14)12-5-9-6-13(12)11-4-2-3-10(9)11;11-10-5-6-4-9(10)8-3-1-2-7(6)8/h7-13H,2-6H2,1H3;6-9H,1-5H2. The van der Waals surface area contributed by atoms with Crippen molar-refractivity contribution in [2.45, 2.75) is 71.1 Å². The Kier molecular flexibility index (Phi) is 4.10. The number of carbonyl (C=O) groups excluding carboxylic acids is 2. The zero-order valence-corrected chi connectivity index (χ0v) is 15.7. The van der Waals surface area contributed by atoms with Crippen molar-refractivity contribution in [2.24, 2.45) is 59.2 Å². The van der Waals surface area contributed by atoms with Gasteiger partial charge in [0.2, 0.25) is 0 Å². The summed E-state index contributed by atoms with van der Waals surface area (Å²) in [6.45, 7) is 2.13. The van der Waals surface area contributed by atoms with Crippen LogP contribution in [-0.4, -0.2) is 12.1 Å². The van der Waals surface area contributed by atoms with Gasteiger partial charge in [0.15, 0.2) is 0 Å². The van der Waals surface area contributed by atoms with Crippen molar-refractivity contribution >= 4 is 12.1 Å². The van der Waals surface area contributed by atoms with Crippen LogP contribution >= 0.6 is 0 Å². The van der Waals surface area contributed by atoms with Gasteiger partial charge < -0.3 is 4.79 Å². The third-order valence-electron chi connectivity index (χ3n) is 9.55. The minimum absolute atomic E-state index is 0.326. The van der Waals surface area contributed by atoms with E-state index in [2.05, 4.69) is 6.92 Å². The van der Waals surface area contributed by atoms with Gasteiger partial charge in [-0.05, 0) is 92.3 Å². The molecule has 0 heterocycles. The van der Waals surface area contributed by atoms with Crippen LogP contribution in [0.1, 0.15) is 71.1 Å². The lowest BCUT2D eigenvalue weighted by molar-refractivity contribution is -0.124. The zero-order valence-electron chi connectivity index (χ0n) is 15.7. The van der Waals surface area contributed by atoms with Crippen LogP contribution in [0, 0.1) is 59.2 Å². The zero-order chi connectivity index (χ0) is 17.1. The average molecular weight is 343 g/mol. The molecule has 6 saturated carbocycles. The van der Waals surface area contributed by atoms with E-state index >= 15 is 0 Å². The van der Waals surface area contributed by atoms with Gasteiger partial charge in [0, 0.05) is 18.3 Å². The molecule has 2 nitrogen and oxygen atoms in total. The second kappa shape index (κ2) is 6.20. The van der Waals surface area contributed by atoms with E-state index in [4.69, 9.17) is 0 Å². The highest BCUT2D eigenvalue weighted by atomic mass is 16.1. The predicted octanol–water partition coefficient (Wildman–Crippen LogP) is 4.91. The first-order valence-corrected chi connectivity index (χ1v) is 11.2. The third-order valence-corrected chi connectivity index (χ3v) is 9.55. The molecule has 0 aromatic rings. The maximum absolute atomic E-state index is 11.4. The molecule has 25 heavy (non-hydrogen) atoms. The molecule has 0 radical (unpaired) electrons. The fraction of sp³-hybridized carbons (Fsp3) is 0.913. The molecule has 6 rings (SSSR count). The monoisotopic (exact) mass is 342 g/mol. The molecule has 138 valence electrons. The first-order valence-electron chi connectivity index (χ1n) is 11.2. The molecule has 0 N–H and O–H groups in total. The molecule has 10 atom stereocenters. The topological polar surface area (TPSA) is 34.1 Å². The summed E-state index contributed by atoms with van der Waals surface area (Å²) >= 11 is 0. The third kappa shape index (κ3) is 2.49. The van der Waals surface area contributed by atoms with E-state index in [1.165, 1.54) is 64.1 Å². The number of carbonyl (C=O) groups is 2. The summed E-state index contributed by atoms with van der Waals surface area (Å²) in [6.07, 6.45) is 14.8. The van der Waals surface area contributed by atoms with Gasteiger partial charge in [-0.2, -0.15) is 0 Å². The molecule has 0 saturated heterocycles. The molecule has 0 amide bonds. The average Bonchev–Trinajstić information content (AvgIpc) is 3.41. The summed E-state index contributed by atoms with van der Waals surface area (Å²) in [7, 11) is 0. The Balaban J connectivity index is 0.000000115. The van der Waals surface area contributed by atoms with Crippen molar-refractivity contribution in [2.75, 3.05) is 0 Å². The number of fused-ring (bicyclic) bond motifs is 10. The largest absolute Gasteiger partial charge is 0.303 e. The molecule has 10 unspecified atom stereocenters. The van der Waals surface area contributed by atoms with Crippen LogP contribution < -0.4 is 0 Å². The van der Waals surface area contributed by atoms with E-state index < -0.39 is 0 Å². The summed E-state index contributed by atoms with van der Waals surface area (Å²) in [6, 6.07) is 0. The molecule has 2 heteroatoms. The van der Waals surface area contributed by atoms with Crippen LogP contribution in [0.4, 0.5) is 0 Å². The van der Waals surface area contributed by atoms with Crippen LogP contribution in [0.25, 0.3) is 0 Å². The smallest absolute Gasteiger partial charge is 0.136 e. The Hall–Kier alpha value is -0.660. The van der Waals surface area contributed by atoms with Crippen LogP contribution in [0.2, 0.25) is 0 Å². The number of aldehydes is 1. The van der Waals surface area contributed by atoms with Crippen molar-refractivity contribution in [3.05, 3.63) is 0 Å². The van der Waals surface area contributed by atoms with Crippen molar-refractivity contribution in [1.82, 2.24) is 0 Å². The van der Waals surface area contributed by atoms with Crippen LogP contribution in [0.3, 0.4) is 0 Å². The highest BCUT2D eigenvalue weighted by Gasteiger charge is 2.55. The van der Waals surface area contributed by atoms with Crippen LogP contribution in [0.15, 0.2) is 0 Å². The minimum atomic E-state index is 0.326. The number of hydrogen-bond donors (Lipinski definition) is 0. The second-order valence-electron chi connectivity index (χ2n) is 10.3. The van der Waals surface area contributed by atoms with Crippen LogP contribution in [-0.2, 0) is 9.59 Å². The molecule has 0 spiro atoms. The molecule has 6 fully saturated rings. The number of rotatable bonds is 2. The molecule has 6 aliphatic carbocycles. The Morgan fingerprint density at radius 3 is 2.28 bits per heavy atom. The number of ketones is 1. The van der Waals surface area contributed by atoms with E-state index in [0.717, 1.165) is 53.8 Å². The minimum Gasteiger partial charge on any atom is -0.303 e. The molecular weight excluding hydrogens is 308 g/mol. The quantitative estimate of drug-likeness (QED) is 0.669. The second-order valence-corrected chi connectivity index (χ2v) is 10.3. The summed E-state index contributed by atoms with van der Waals surface area (Å²) in [5.41, 5.74) is 0. The van der Waals surface area contributed by atoms with Crippen molar-refractivity contribution in [1.29, 1.82) is 0 Å². The van der Waals surface area contributed by atoms with Gasteiger partial charge in [-0.25, -0.2) is 0 Å². The van der Waals surface area contributed by atoms with Gasteiger partial charge in [-0.3, -0.25) is 4.79 Å². The summed E-state index contributed by atoms with van der Waals surface area (Å²) in [4.78, 5) is 22.2. The normalized spacial score (nSPS) is 52.7. The maximum atomic E-state index is 11.4. The summed E-state index contributed by atoms with van der Waals surface area (Å²) in [5.74, 6) is 8.82. The SMILES string of the molecule is CC(C=O)C1CC2CC1C1CCCC21.O=C1CC2CC1C1CCCC21. The van der Waals surface area contributed by atoms with Crippen LogP contribution in [0.5, 0.6) is 0 Å². The number of hydrogen-bond acceptors (Lipinski definition) is 2. The molecule has 4 bridgehead atoms. The lowest BCUT2D eigenvalue weighted by Crippen LogP contribution is -2.28. The number of Topliss-reactive ketones (excluding diaryl/α,β-unsaturated/α-hetero) is 1. The summed E-state index contributed by atoms with van der Waals surface area (Å²) < 4.78 is 0. The van der Waals surface area contributed by atoms with Gasteiger partial charge in [-0.1, -0.05) is 19.8 Å². The van der Waals surface area contributed by atoms with Gasteiger partial charge in [-0.15, -0.1) is 0 Å². The van der Waals surface area contributed by atoms with Crippen molar-refractivity contribution in [3.8, 4) is 0 Å². The maximum Gasteiger partial charge on any atom is 0.136 e. The van der Waals surface area contributed by atoms with E-state index in [9.17, 15) is 9.59 Å². The molecule has 6 aliphatic rings. The van der Waals surface area contributed by atoms with E-state index in [1.807, 2.05) is 0 Å². The fourth-order valence-corrected chi connectivity index (χ4v) is 8.62. The lowest BCUT2D eigenvalue weighted by atomic mass is 9.72. The van der Waals surface area contributed by atoms with E-state index in [-0.39, 0.29) is 0 Å². The van der Waals surface area contributed by atoms with Crippen molar-refractivity contribution in [3.63, 3.8) is 0 Å². The van der Waals surface area contributed by atoms with Gasteiger partial charge in [0.1, 0.15) is 12.1 Å². The Morgan fingerprint density at radius 2 is 1.52 bits per heavy atom. The molecule has 0 aliphatic heterocycles. The Morgan fingerprint density at radius 1 is 0.840 bits per heavy atom. The van der Waals surface area contributed by atoms with E-state index in [0.29, 0.717) is 17.6 Å². The first kappa shape index (κ1) is 16.5. The molecule has 0 aromatic carbocycles. The highest BCUT2D eigenvalue weighted by Crippen LogP contribution is 2.62. The summed E-state index contributed by atoms with van der Waals surface area (Å²) in [5, 5.41) is 0. The van der Waals surface area contributed by atoms with Gasteiger partial charge >= 0.3 is 0 Å². The van der Waals surface area contributed by atoms with Crippen molar-refractivity contribution < 1.29 is 9.59 Å². The molecule has 0 aromatic heterocycles. The Bertz CT molecular complexity index is 554. The molecular formula is C23H34O2. The van der Waals surface area contributed by atoms with E-state index in [1.54, 1.807) is 0 Å².